The SMILES string of the molecule is COCCCC(N)CN1CC2CCCCN2CC1C. The number of rotatable bonds is 6. The lowest BCUT2D eigenvalue weighted by molar-refractivity contribution is 0.0120. The van der Waals surface area contributed by atoms with Gasteiger partial charge < -0.3 is 10.5 Å². The van der Waals surface area contributed by atoms with Gasteiger partial charge in [0.25, 0.3) is 0 Å². The summed E-state index contributed by atoms with van der Waals surface area (Å²) in [4.78, 5) is 5.31. The molecule has 2 fully saturated rings. The van der Waals surface area contributed by atoms with Crippen LogP contribution in [-0.2, 0) is 4.74 Å². The van der Waals surface area contributed by atoms with Crippen molar-refractivity contribution in [1.82, 2.24) is 9.80 Å². The molecule has 4 nitrogen and oxygen atoms in total. The second kappa shape index (κ2) is 7.58. The molecule has 4 heteroatoms. The molecule has 0 bridgehead atoms. The molecule has 2 aliphatic heterocycles. The van der Waals surface area contributed by atoms with Crippen molar-refractivity contribution in [2.45, 2.75) is 57.2 Å². The zero-order chi connectivity index (χ0) is 13.7. The highest BCUT2D eigenvalue weighted by Crippen LogP contribution is 2.24. The van der Waals surface area contributed by atoms with Crippen molar-refractivity contribution in [1.29, 1.82) is 0 Å². The average molecular weight is 269 g/mol. The van der Waals surface area contributed by atoms with Gasteiger partial charge in [0.1, 0.15) is 0 Å². The number of fused-ring (bicyclic) bond motifs is 1. The molecule has 3 atom stereocenters. The van der Waals surface area contributed by atoms with E-state index in [1.807, 2.05) is 0 Å². The molecule has 2 rings (SSSR count). The van der Waals surface area contributed by atoms with E-state index in [1.54, 1.807) is 7.11 Å². The second-order valence-electron chi connectivity index (χ2n) is 6.34. The Labute approximate surface area is 118 Å². The van der Waals surface area contributed by atoms with Gasteiger partial charge in [0.15, 0.2) is 0 Å². The standard InChI is InChI=1S/C15H31N3O/c1-13-10-17-8-4-3-7-15(17)12-18(13)11-14(16)6-5-9-19-2/h13-15H,3-12,16H2,1-2H3. The van der Waals surface area contributed by atoms with Crippen LogP contribution in [0.15, 0.2) is 0 Å². The number of ether oxygens (including phenoxy) is 1. The summed E-state index contributed by atoms with van der Waals surface area (Å²) in [5, 5.41) is 0. The van der Waals surface area contributed by atoms with Gasteiger partial charge in [-0.05, 0) is 39.2 Å². The zero-order valence-electron chi connectivity index (χ0n) is 12.7. The van der Waals surface area contributed by atoms with Gasteiger partial charge in [-0.25, -0.2) is 0 Å². The molecule has 3 unspecified atom stereocenters. The Kier molecular flexibility index (Phi) is 6.07. The van der Waals surface area contributed by atoms with Crippen LogP contribution < -0.4 is 5.73 Å². The first kappa shape index (κ1) is 15.2. The van der Waals surface area contributed by atoms with Crippen LogP contribution in [0, 0.1) is 0 Å². The number of methoxy groups -OCH3 is 1. The molecule has 0 radical (unpaired) electrons. The minimum atomic E-state index is 0.299. The molecule has 0 amide bonds. The lowest BCUT2D eigenvalue weighted by atomic mass is 9.96. The third kappa shape index (κ3) is 4.42. The Balaban J connectivity index is 1.76. The smallest absolute Gasteiger partial charge is 0.0462 e. The highest BCUT2D eigenvalue weighted by molar-refractivity contribution is 4.90. The van der Waals surface area contributed by atoms with Crippen LogP contribution in [0.3, 0.4) is 0 Å². The lowest BCUT2D eigenvalue weighted by Crippen LogP contribution is -2.60. The Morgan fingerprint density at radius 2 is 2.16 bits per heavy atom. The summed E-state index contributed by atoms with van der Waals surface area (Å²) in [5.74, 6) is 0. The van der Waals surface area contributed by atoms with Crippen molar-refractivity contribution in [2.24, 2.45) is 5.73 Å². The maximum atomic E-state index is 6.26. The maximum absolute atomic E-state index is 6.26. The molecule has 112 valence electrons. The van der Waals surface area contributed by atoms with Crippen LogP contribution in [0.4, 0.5) is 0 Å². The van der Waals surface area contributed by atoms with Gasteiger partial charge >= 0.3 is 0 Å². The molecule has 2 aliphatic rings. The van der Waals surface area contributed by atoms with E-state index in [0.29, 0.717) is 12.1 Å². The molecule has 0 aliphatic carbocycles. The molecule has 0 aromatic heterocycles. The quantitative estimate of drug-likeness (QED) is 0.738. The minimum absolute atomic E-state index is 0.299. The van der Waals surface area contributed by atoms with E-state index in [-0.39, 0.29) is 0 Å². The third-order valence-corrected chi connectivity index (χ3v) is 4.71. The van der Waals surface area contributed by atoms with E-state index in [4.69, 9.17) is 10.5 Å². The highest BCUT2D eigenvalue weighted by atomic mass is 16.5. The fourth-order valence-corrected chi connectivity index (χ4v) is 3.55. The monoisotopic (exact) mass is 269 g/mol. The summed E-state index contributed by atoms with van der Waals surface area (Å²) < 4.78 is 5.10. The molecule has 0 aromatic carbocycles. The van der Waals surface area contributed by atoms with Crippen LogP contribution in [0.25, 0.3) is 0 Å². The summed E-state index contributed by atoms with van der Waals surface area (Å²) in [6.45, 7) is 8.00. The second-order valence-corrected chi connectivity index (χ2v) is 6.34. The van der Waals surface area contributed by atoms with Crippen molar-refractivity contribution >= 4 is 0 Å². The topological polar surface area (TPSA) is 41.7 Å². The number of hydrogen-bond acceptors (Lipinski definition) is 4. The van der Waals surface area contributed by atoms with E-state index in [9.17, 15) is 0 Å². The van der Waals surface area contributed by atoms with Crippen molar-refractivity contribution in [3.05, 3.63) is 0 Å². The van der Waals surface area contributed by atoms with Gasteiger partial charge in [-0.2, -0.15) is 0 Å². The van der Waals surface area contributed by atoms with Crippen molar-refractivity contribution < 1.29 is 4.74 Å². The van der Waals surface area contributed by atoms with Gasteiger partial charge in [0.05, 0.1) is 0 Å². The molecule has 2 saturated heterocycles. The molecule has 0 spiro atoms. The molecule has 2 heterocycles. The van der Waals surface area contributed by atoms with Crippen LogP contribution in [0.5, 0.6) is 0 Å². The molecule has 19 heavy (non-hydrogen) atoms. The first-order valence-electron chi connectivity index (χ1n) is 7.93. The average Bonchev–Trinajstić information content (AvgIpc) is 2.40. The lowest BCUT2D eigenvalue weighted by Gasteiger charge is -2.48. The van der Waals surface area contributed by atoms with Crippen molar-refractivity contribution in [3.8, 4) is 0 Å². The zero-order valence-corrected chi connectivity index (χ0v) is 12.7. The number of nitrogens with zero attached hydrogens (tertiary/aromatic N) is 2. The Morgan fingerprint density at radius 1 is 1.32 bits per heavy atom. The first-order chi connectivity index (χ1) is 9.20. The third-order valence-electron chi connectivity index (χ3n) is 4.71. The van der Waals surface area contributed by atoms with Gasteiger partial charge in [-0.15, -0.1) is 0 Å². The van der Waals surface area contributed by atoms with E-state index in [1.165, 1.54) is 38.9 Å². The molecule has 0 saturated carbocycles. The van der Waals surface area contributed by atoms with Gasteiger partial charge in [-0.1, -0.05) is 6.42 Å². The van der Waals surface area contributed by atoms with Crippen molar-refractivity contribution in [3.63, 3.8) is 0 Å². The fraction of sp³-hybridized carbons (Fsp3) is 1.00. The van der Waals surface area contributed by atoms with Crippen LogP contribution >= 0.6 is 0 Å². The van der Waals surface area contributed by atoms with Gasteiger partial charge in [-0.3, -0.25) is 9.80 Å². The summed E-state index contributed by atoms with van der Waals surface area (Å²) in [6, 6.07) is 1.74. The number of piperidine rings is 1. The van der Waals surface area contributed by atoms with Gasteiger partial charge in [0.2, 0.25) is 0 Å². The van der Waals surface area contributed by atoms with Crippen LogP contribution in [-0.4, -0.2) is 67.8 Å². The van der Waals surface area contributed by atoms with Gasteiger partial charge in [0, 0.05) is 51.5 Å². The maximum Gasteiger partial charge on any atom is 0.0462 e. The van der Waals surface area contributed by atoms with E-state index < -0.39 is 0 Å². The van der Waals surface area contributed by atoms with Crippen molar-refractivity contribution in [2.75, 3.05) is 39.9 Å². The Morgan fingerprint density at radius 3 is 2.95 bits per heavy atom. The number of nitrogens with two attached hydrogens (primary N) is 1. The summed E-state index contributed by atoms with van der Waals surface area (Å²) in [6.07, 6.45) is 6.33. The summed E-state index contributed by atoms with van der Waals surface area (Å²) in [7, 11) is 1.76. The fourth-order valence-electron chi connectivity index (χ4n) is 3.55. The largest absolute Gasteiger partial charge is 0.385 e. The molecular weight excluding hydrogens is 238 g/mol. The van der Waals surface area contributed by atoms with E-state index in [2.05, 4.69) is 16.7 Å². The van der Waals surface area contributed by atoms with E-state index >= 15 is 0 Å². The first-order valence-corrected chi connectivity index (χ1v) is 7.93. The van der Waals surface area contributed by atoms with Crippen LogP contribution in [0.2, 0.25) is 0 Å². The molecule has 0 aromatic rings. The Bertz CT molecular complexity index is 262. The van der Waals surface area contributed by atoms with E-state index in [0.717, 1.165) is 32.0 Å². The number of piperazine rings is 1. The predicted molar refractivity (Wildman–Crippen MR) is 79.3 cm³/mol. The summed E-state index contributed by atoms with van der Waals surface area (Å²) in [5.41, 5.74) is 6.26. The summed E-state index contributed by atoms with van der Waals surface area (Å²) >= 11 is 0. The normalized spacial score (nSPS) is 31.1. The highest BCUT2D eigenvalue weighted by Gasteiger charge is 2.33. The number of hydrogen-bond donors (Lipinski definition) is 1. The predicted octanol–water partition coefficient (Wildman–Crippen LogP) is 1.30. The van der Waals surface area contributed by atoms with Crippen LogP contribution in [0.1, 0.15) is 39.0 Å². The Hall–Kier alpha value is -0.160. The molecule has 2 N–H and O–H groups in total. The minimum Gasteiger partial charge on any atom is -0.385 e. The molecular formula is C15H31N3O.